The summed E-state index contributed by atoms with van der Waals surface area (Å²) in [7, 11) is 3.89. The Balaban J connectivity index is 2.59. The standard InChI is InChI=1S/C7H12BNO2/c1-10-7-6(8-11-2)4-3-5-9-7/h4,8H,3,5H2,1-2H3. The van der Waals surface area contributed by atoms with Gasteiger partial charge in [0.15, 0.2) is 0 Å². The summed E-state index contributed by atoms with van der Waals surface area (Å²) in [5.41, 5.74) is 1.06. The molecule has 0 bridgehead atoms. The second kappa shape index (κ2) is 4.18. The molecule has 3 nitrogen and oxygen atoms in total. The normalized spacial score (nSPS) is 16.9. The van der Waals surface area contributed by atoms with Gasteiger partial charge < -0.3 is 9.39 Å². The number of methoxy groups -OCH3 is 1. The Morgan fingerprint density at radius 2 is 2.36 bits per heavy atom. The molecule has 0 spiro atoms. The van der Waals surface area contributed by atoms with E-state index in [2.05, 4.69) is 11.1 Å². The molecular formula is C7H12BNO2. The van der Waals surface area contributed by atoms with Crippen LogP contribution in [-0.2, 0) is 9.39 Å². The first-order valence-electron chi connectivity index (χ1n) is 3.65. The number of ether oxygens (including phenoxy) is 1. The molecule has 0 aromatic heterocycles. The molecule has 0 saturated carbocycles. The fourth-order valence-electron chi connectivity index (χ4n) is 1.07. The molecule has 0 aliphatic carbocycles. The predicted molar refractivity (Wildman–Crippen MR) is 46.2 cm³/mol. The van der Waals surface area contributed by atoms with Crippen LogP contribution in [0.2, 0.25) is 0 Å². The van der Waals surface area contributed by atoms with E-state index in [0.29, 0.717) is 7.48 Å². The van der Waals surface area contributed by atoms with Gasteiger partial charge in [-0.05, 0) is 6.42 Å². The van der Waals surface area contributed by atoms with Gasteiger partial charge in [0.1, 0.15) is 0 Å². The predicted octanol–water partition coefficient (Wildman–Crippen LogP) is 0.317. The zero-order valence-corrected chi connectivity index (χ0v) is 6.96. The van der Waals surface area contributed by atoms with Crippen molar-refractivity contribution in [3.63, 3.8) is 0 Å². The molecule has 0 fully saturated rings. The maximum Gasteiger partial charge on any atom is 0.313 e. The summed E-state index contributed by atoms with van der Waals surface area (Å²) in [6.07, 6.45) is 3.10. The Bertz CT molecular complexity index is 189. The van der Waals surface area contributed by atoms with Gasteiger partial charge in [-0.3, -0.25) is 4.99 Å². The number of nitrogens with zero attached hydrogens (tertiary/aromatic N) is 1. The molecule has 4 heteroatoms. The molecule has 0 aromatic carbocycles. The first-order valence-corrected chi connectivity index (χ1v) is 3.65. The summed E-state index contributed by atoms with van der Waals surface area (Å²) >= 11 is 0. The third kappa shape index (κ3) is 2.08. The number of hydrogen-bond donors (Lipinski definition) is 0. The van der Waals surface area contributed by atoms with E-state index in [-0.39, 0.29) is 0 Å². The quantitative estimate of drug-likeness (QED) is 0.534. The molecule has 0 amide bonds. The molecular weight excluding hydrogens is 141 g/mol. The Labute approximate surface area is 67.4 Å². The summed E-state index contributed by atoms with van der Waals surface area (Å²) in [5.74, 6) is 0.720. The summed E-state index contributed by atoms with van der Waals surface area (Å²) in [6, 6.07) is 0. The molecule has 1 aliphatic heterocycles. The fourth-order valence-corrected chi connectivity index (χ4v) is 1.07. The van der Waals surface area contributed by atoms with Gasteiger partial charge in [-0.15, -0.1) is 0 Å². The smallest absolute Gasteiger partial charge is 0.313 e. The number of dihydropyridines is 1. The lowest BCUT2D eigenvalue weighted by Crippen LogP contribution is -2.16. The molecule has 11 heavy (non-hydrogen) atoms. The maximum absolute atomic E-state index is 5.06. The van der Waals surface area contributed by atoms with Crippen molar-refractivity contribution in [3.05, 3.63) is 11.5 Å². The van der Waals surface area contributed by atoms with Crippen LogP contribution in [0.4, 0.5) is 0 Å². The van der Waals surface area contributed by atoms with Gasteiger partial charge in [0.2, 0.25) is 5.90 Å². The minimum Gasteiger partial charge on any atom is -0.482 e. The highest BCUT2D eigenvalue weighted by Gasteiger charge is 2.11. The van der Waals surface area contributed by atoms with Crippen LogP contribution in [0.25, 0.3) is 0 Å². The van der Waals surface area contributed by atoms with E-state index in [1.54, 1.807) is 14.2 Å². The molecule has 1 heterocycles. The molecule has 0 N–H and O–H groups in total. The van der Waals surface area contributed by atoms with E-state index in [1.807, 2.05) is 0 Å². The van der Waals surface area contributed by atoms with Gasteiger partial charge in [0.25, 0.3) is 0 Å². The summed E-state index contributed by atoms with van der Waals surface area (Å²) in [5, 5.41) is 0. The highest BCUT2D eigenvalue weighted by Crippen LogP contribution is 2.06. The lowest BCUT2D eigenvalue weighted by Gasteiger charge is -2.11. The van der Waals surface area contributed by atoms with E-state index < -0.39 is 0 Å². The van der Waals surface area contributed by atoms with Gasteiger partial charge in [-0.25, -0.2) is 0 Å². The van der Waals surface area contributed by atoms with Crippen LogP contribution < -0.4 is 0 Å². The summed E-state index contributed by atoms with van der Waals surface area (Å²) in [4.78, 5) is 4.19. The van der Waals surface area contributed by atoms with Crippen molar-refractivity contribution in [2.45, 2.75) is 6.42 Å². The van der Waals surface area contributed by atoms with Crippen molar-refractivity contribution in [2.75, 3.05) is 20.8 Å². The molecule has 0 unspecified atom stereocenters. The van der Waals surface area contributed by atoms with Gasteiger partial charge in [0, 0.05) is 19.1 Å². The molecule has 0 radical (unpaired) electrons. The molecule has 60 valence electrons. The third-order valence-corrected chi connectivity index (χ3v) is 1.54. The van der Waals surface area contributed by atoms with Crippen LogP contribution in [0.3, 0.4) is 0 Å². The SMILES string of the molecule is COBC1=CCCN=C1OC. The lowest BCUT2D eigenvalue weighted by molar-refractivity contribution is 0.398. The Morgan fingerprint density at radius 1 is 1.55 bits per heavy atom. The Hall–Kier alpha value is -0.765. The van der Waals surface area contributed by atoms with Crippen molar-refractivity contribution in [1.29, 1.82) is 0 Å². The second-order valence-corrected chi connectivity index (χ2v) is 2.34. The number of aliphatic imine (C=N–C) groups is 1. The van der Waals surface area contributed by atoms with Crippen molar-refractivity contribution >= 4 is 13.4 Å². The molecule has 1 rings (SSSR count). The fraction of sp³-hybridized carbons (Fsp3) is 0.571. The van der Waals surface area contributed by atoms with Crippen molar-refractivity contribution in [1.82, 2.24) is 0 Å². The average Bonchev–Trinajstić information content (AvgIpc) is 2.06. The number of hydrogen-bond acceptors (Lipinski definition) is 3. The van der Waals surface area contributed by atoms with Crippen molar-refractivity contribution in [2.24, 2.45) is 4.99 Å². The van der Waals surface area contributed by atoms with Gasteiger partial charge in [-0.2, -0.15) is 0 Å². The molecule has 0 saturated heterocycles. The second-order valence-electron chi connectivity index (χ2n) is 2.34. The zero-order valence-electron chi connectivity index (χ0n) is 6.96. The topological polar surface area (TPSA) is 30.8 Å². The Kier molecular flexibility index (Phi) is 3.17. The first-order chi connectivity index (χ1) is 5.38. The molecule has 1 aliphatic rings. The van der Waals surface area contributed by atoms with E-state index in [9.17, 15) is 0 Å². The molecule has 0 aromatic rings. The van der Waals surface area contributed by atoms with Gasteiger partial charge in [-0.1, -0.05) is 6.08 Å². The minimum atomic E-state index is 0.590. The minimum absolute atomic E-state index is 0.590. The summed E-state index contributed by atoms with van der Waals surface area (Å²) < 4.78 is 10.0. The van der Waals surface area contributed by atoms with Crippen LogP contribution in [0, 0.1) is 0 Å². The Morgan fingerprint density at radius 3 is 3.00 bits per heavy atom. The van der Waals surface area contributed by atoms with Crippen LogP contribution in [0.5, 0.6) is 0 Å². The lowest BCUT2D eigenvalue weighted by atomic mass is 9.85. The largest absolute Gasteiger partial charge is 0.482 e. The van der Waals surface area contributed by atoms with Crippen LogP contribution in [0.15, 0.2) is 16.5 Å². The summed E-state index contributed by atoms with van der Waals surface area (Å²) in [6.45, 7) is 0.830. The monoisotopic (exact) mass is 153 g/mol. The van der Waals surface area contributed by atoms with Crippen molar-refractivity contribution in [3.8, 4) is 0 Å². The van der Waals surface area contributed by atoms with Crippen molar-refractivity contribution < 1.29 is 9.39 Å². The highest BCUT2D eigenvalue weighted by atomic mass is 16.5. The van der Waals surface area contributed by atoms with E-state index in [0.717, 1.165) is 24.3 Å². The van der Waals surface area contributed by atoms with E-state index in [4.69, 9.17) is 9.39 Å². The van der Waals surface area contributed by atoms with Gasteiger partial charge >= 0.3 is 7.48 Å². The zero-order chi connectivity index (χ0) is 8.10. The molecule has 0 atom stereocenters. The third-order valence-electron chi connectivity index (χ3n) is 1.54. The van der Waals surface area contributed by atoms with Crippen LogP contribution in [0.1, 0.15) is 6.42 Å². The number of rotatable bonds is 2. The van der Waals surface area contributed by atoms with Crippen LogP contribution >= 0.6 is 0 Å². The highest BCUT2D eigenvalue weighted by molar-refractivity contribution is 6.48. The maximum atomic E-state index is 5.06. The van der Waals surface area contributed by atoms with E-state index >= 15 is 0 Å². The van der Waals surface area contributed by atoms with Crippen LogP contribution in [-0.4, -0.2) is 34.1 Å². The van der Waals surface area contributed by atoms with Gasteiger partial charge in [0.05, 0.1) is 7.11 Å². The first kappa shape index (κ1) is 8.33. The average molecular weight is 153 g/mol. The van der Waals surface area contributed by atoms with E-state index in [1.165, 1.54) is 0 Å².